The van der Waals surface area contributed by atoms with Crippen molar-refractivity contribution in [2.24, 2.45) is 11.7 Å². The second kappa shape index (κ2) is 6.76. The lowest BCUT2D eigenvalue weighted by Crippen LogP contribution is -2.43. The molecule has 1 aromatic carbocycles. The molecule has 1 heterocycles. The van der Waals surface area contributed by atoms with Crippen molar-refractivity contribution in [3.05, 3.63) is 40.9 Å². The van der Waals surface area contributed by atoms with E-state index < -0.39 is 0 Å². The van der Waals surface area contributed by atoms with E-state index in [1.165, 1.54) is 0 Å². The zero-order valence-corrected chi connectivity index (χ0v) is 12.8. The highest BCUT2D eigenvalue weighted by Gasteiger charge is 2.26. The summed E-state index contributed by atoms with van der Waals surface area (Å²) in [6.45, 7) is 2.92. The van der Waals surface area contributed by atoms with Gasteiger partial charge in [-0.25, -0.2) is 0 Å². The summed E-state index contributed by atoms with van der Waals surface area (Å²) in [6.07, 6.45) is 3.13. The molecule has 112 valence electrons. The smallest absolute Gasteiger partial charge is 0.246 e. The fraction of sp³-hybridized carbons (Fsp3) is 0.375. The van der Waals surface area contributed by atoms with Crippen LogP contribution in [0, 0.1) is 5.92 Å². The minimum atomic E-state index is -0.334. The number of carbonyl (C=O) groups excluding carboxylic acids is 2. The van der Waals surface area contributed by atoms with E-state index in [2.05, 4.69) is 0 Å². The van der Waals surface area contributed by atoms with Gasteiger partial charge in [0.25, 0.3) is 0 Å². The molecule has 1 unspecified atom stereocenters. The number of hydrogen-bond acceptors (Lipinski definition) is 2. The molecule has 2 rings (SSSR count). The van der Waals surface area contributed by atoms with Crippen LogP contribution in [0.4, 0.5) is 0 Å². The Kier molecular flexibility index (Phi) is 5.02. The predicted octanol–water partition coefficient (Wildman–Crippen LogP) is 2.47. The van der Waals surface area contributed by atoms with Crippen molar-refractivity contribution in [2.45, 2.75) is 19.8 Å². The molecule has 0 aliphatic carbocycles. The average molecular weight is 307 g/mol. The largest absolute Gasteiger partial charge is 0.369 e. The first-order valence-corrected chi connectivity index (χ1v) is 7.38. The normalized spacial score (nSPS) is 19.4. The third-order valence-corrected chi connectivity index (χ3v) is 4.10. The predicted molar refractivity (Wildman–Crippen MR) is 83.6 cm³/mol. The molecule has 5 heteroatoms. The first-order valence-electron chi connectivity index (χ1n) is 7.00. The number of allylic oxidation sites excluding steroid dienone is 1. The van der Waals surface area contributed by atoms with Crippen molar-refractivity contribution in [3.8, 4) is 0 Å². The van der Waals surface area contributed by atoms with Gasteiger partial charge in [0.15, 0.2) is 0 Å². The maximum Gasteiger partial charge on any atom is 0.246 e. The molecule has 1 fully saturated rings. The van der Waals surface area contributed by atoms with Gasteiger partial charge in [0.1, 0.15) is 0 Å². The SMILES string of the molecule is CC(=CC(=O)N1CCCC(C(N)=O)C1)c1ccccc1Cl. The molecule has 2 N–H and O–H groups in total. The number of amides is 2. The molecular weight excluding hydrogens is 288 g/mol. The summed E-state index contributed by atoms with van der Waals surface area (Å²) in [5.74, 6) is -0.672. The van der Waals surface area contributed by atoms with E-state index in [1.807, 2.05) is 25.1 Å². The van der Waals surface area contributed by atoms with Crippen LogP contribution < -0.4 is 5.73 Å². The molecule has 0 aromatic heterocycles. The Labute approximate surface area is 129 Å². The molecule has 1 saturated heterocycles. The van der Waals surface area contributed by atoms with Crippen LogP contribution in [-0.4, -0.2) is 29.8 Å². The molecule has 1 aliphatic heterocycles. The maximum atomic E-state index is 12.3. The van der Waals surface area contributed by atoms with Gasteiger partial charge in [0.2, 0.25) is 11.8 Å². The number of piperidine rings is 1. The van der Waals surface area contributed by atoms with Crippen molar-refractivity contribution in [3.63, 3.8) is 0 Å². The van der Waals surface area contributed by atoms with Gasteiger partial charge in [-0.1, -0.05) is 29.8 Å². The molecule has 4 nitrogen and oxygen atoms in total. The standard InChI is InChI=1S/C16H19ClN2O2/c1-11(13-6-2-3-7-14(13)17)9-15(20)19-8-4-5-12(10-19)16(18)21/h2-3,6-7,9,12H,4-5,8,10H2,1H3,(H2,18,21). The van der Waals surface area contributed by atoms with Crippen LogP contribution in [-0.2, 0) is 9.59 Å². The molecule has 2 amide bonds. The molecule has 0 radical (unpaired) electrons. The van der Waals surface area contributed by atoms with Crippen LogP contribution in [0.1, 0.15) is 25.3 Å². The van der Waals surface area contributed by atoms with Gasteiger partial charge in [-0.15, -0.1) is 0 Å². The monoisotopic (exact) mass is 306 g/mol. The third-order valence-electron chi connectivity index (χ3n) is 3.77. The first kappa shape index (κ1) is 15.6. The van der Waals surface area contributed by atoms with Crippen LogP contribution in [0.2, 0.25) is 5.02 Å². The van der Waals surface area contributed by atoms with E-state index in [1.54, 1.807) is 17.0 Å². The van der Waals surface area contributed by atoms with E-state index in [9.17, 15) is 9.59 Å². The molecule has 0 bridgehead atoms. The third kappa shape index (κ3) is 3.85. The summed E-state index contributed by atoms with van der Waals surface area (Å²) in [5, 5.41) is 0.618. The number of carbonyl (C=O) groups is 2. The van der Waals surface area contributed by atoms with E-state index >= 15 is 0 Å². The molecule has 1 atom stereocenters. The van der Waals surface area contributed by atoms with Gasteiger partial charge in [-0.2, -0.15) is 0 Å². The van der Waals surface area contributed by atoms with E-state index in [-0.39, 0.29) is 17.7 Å². The van der Waals surface area contributed by atoms with Gasteiger partial charge in [-0.05, 0) is 37.0 Å². The van der Waals surface area contributed by atoms with Crippen molar-refractivity contribution >= 4 is 29.0 Å². The highest BCUT2D eigenvalue weighted by Crippen LogP contribution is 2.24. The van der Waals surface area contributed by atoms with Gasteiger partial charge in [0.05, 0.1) is 5.92 Å². The number of halogens is 1. The highest BCUT2D eigenvalue weighted by molar-refractivity contribution is 6.32. The fourth-order valence-corrected chi connectivity index (χ4v) is 2.83. The molecule has 1 aromatic rings. The number of rotatable bonds is 3. The summed E-state index contributed by atoms with van der Waals surface area (Å²) in [5.41, 5.74) is 6.99. The Morgan fingerprint density at radius 3 is 2.76 bits per heavy atom. The molecule has 1 aliphatic rings. The Morgan fingerprint density at radius 1 is 1.38 bits per heavy atom. The van der Waals surface area contributed by atoms with E-state index in [0.717, 1.165) is 24.0 Å². The topological polar surface area (TPSA) is 63.4 Å². The summed E-state index contributed by atoms with van der Waals surface area (Å²) < 4.78 is 0. The molecular formula is C16H19ClN2O2. The molecule has 21 heavy (non-hydrogen) atoms. The lowest BCUT2D eigenvalue weighted by molar-refractivity contribution is -0.130. The fourth-order valence-electron chi connectivity index (χ4n) is 2.54. The summed E-state index contributed by atoms with van der Waals surface area (Å²) in [6, 6.07) is 7.41. The second-order valence-electron chi connectivity index (χ2n) is 5.33. The Bertz CT molecular complexity index is 583. The molecule has 0 spiro atoms. The quantitative estimate of drug-likeness (QED) is 0.872. The zero-order valence-electron chi connectivity index (χ0n) is 12.0. The van der Waals surface area contributed by atoms with Crippen LogP contribution in [0.25, 0.3) is 5.57 Å². The summed E-state index contributed by atoms with van der Waals surface area (Å²) >= 11 is 6.13. The number of nitrogens with two attached hydrogens (primary N) is 1. The van der Waals surface area contributed by atoms with Crippen molar-refractivity contribution in [2.75, 3.05) is 13.1 Å². The Balaban J connectivity index is 2.11. The summed E-state index contributed by atoms with van der Waals surface area (Å²) in [7, 11) is 0. The molecule has 0 saturated carbocycles. The lowest BCUT2D eigenvalue weighted by atomic mass is 9.97. The minimum Gasteiger partial charge on any atom is -0.369 e. The van der Waals surface area contributed by atoms with Gasteiger partial charge in [-0.3, -0.25) is 9.59 Å². The Hall–Kier alpha value is -1.81. The van der Waals surface area contributed by atoms with E-state index in [4.69, 9.17) is 17.3 Å². The van der Waals surface area contributed by atoms with Crippen molar-refractivity contribution in [1.82, 2.24) is 4.90 Å². The maximum absolute atomic E-state index is 12.3. The van der Waals surface area contributed by atoms with Crippen LogP contribution in [0.15, 0.2) is 30.3 Å². The van der Waals surface area contributed by atoms with Gasteiger partial charge in [0, 0.05) is 24.2 Å². The van der Waals surface area contributed by atoms with Crippen LogP contribution in [0.3, 0.4) is 0 Å². The van der Waals surface area contributed by atoms with Crippen molar-refractivity contribution in [1.29, 1.82) is 0 Å². The number of likely N-dealkylation sites (tertiary alicyclic amines) is 1. The Morgan fingerprint density at radius 2 is 2.10 bits per heavy atom. The van der Waals surface area contributed by atoms with Gasteiger partial charge >= 0.3 is 0 Å². The number of nitrogens with zero attached hydrogens (tertiary/aromatic N) is 1. The zero-order chi connectivity index (χ0) is 15.4. The summed E-state index contributed by atoms with van der Waals surface area (Å²) in [4.78, 5) is 25.3. The van der Waals surface area contributed by atoms with E-state index in [0.29, 0.717) is 18.1 Å². The number of primary amides is 1. The number of hydrogen-bond donors (Lipinski definition) is 1. The number of benzene rings is 1. The average Bonchev–Trinajstić information content (AvgIpc) is 2.47. The van der Waals surface area contributed by atoms with Crippen LogP contribution >= 0.6 is 11.6 Å². The minimum absolute atomic E-state index is 0.0987. The van der Waals surface area contributed by atoms with Crippen molar-refractivity contribution < 1.29 is 9.59 Å². The highest BCUT2D eigenvalue weighted by atomic mass is 35.5. The van der Waals surface area contributed by atoms with Crippen LogP contribution in [0.5, 0.6) is 0 Å². The second-order valence-corrected chi connectivity index (χ2v) is 5.74. The lowest BCUT2D eigenvalue weighted by Gasteiger charge is -2.30. The van der Waals surface area contributed by atoms with Gasteiger partial charge < -0.3 is 10.6 Å². The first-order chi connectivity index (χ1) is 9.99.